The van der Waals surface area contributed by atoms with Crippen LogP contribution in [0.3, 0.4) is 0 Å². The van der Waals surface area contributed by atoms with Gasteiger partial charge < -0.3 is 19.6 Å². The van der Waals surface area contributed by atoms with Gasteiger partial charge in [0.05, 0.1) is 33.6 Å². The van der Waals surface area contributed by atoms with Crippen molar-refractivity contribution in [3.63, 3.8) is 0 Å². The van der Waals surface area contributed by atoms with E-state index in [0.29, 0.717) is 0 Å². The average Bonchev–Trinajstić information content (AvgIpc) is 1.49. The van der Waals surface area contributed by atoms with Crippen LogP contribution < -0.4 is 19.6 Å². The van der Waals surface area contributed by atoms with Gasteiger partial charge in [-0.05, 0) is 288 Å². The van der Waals surface area contributed by atoms with Gasteiger partial charge in [-0.25, -0.2) is 0 Å². The molecule has 0 unspecified atom stereocenters. The van der Waals surface area contributed by atoms with Gasteiger partial charge in [-0.15, -0.1) is 0 Å². The summed E-state index contributed by atoms with van der Waals surface area (Å²) in [6.45, 7) is 0. The summed E-state index contributed by atoms with van der Waals surface area (Å²) in [6, 6.07) is 205. The van der Waals surface area contributed by atoms with E-state index in [1.165, 1.54) is 127 Å². The third-order valence-electron chi connectivity index (χ3n) is 30.5. The Morgan fingerprint density at radius 3 is 0.556 bits per heavy atom. The highest BCUT2D eigenvalue weighted by Crippen LogP contribution is 2.70. The van der Waals surface area contributed by atoms with Crippen LogP contribution in [0.2, 0.25) is 0 Å². The van der Waals surface area contributed by atoms with Crippen LogP contribution in [0.4, 0.5) is 68.2 Å². The molecule has 4 nitrogen and oxygen atoms in total. The highest BCUT2D eigenvalue weighted by atomic mass is 15.2. The van der Waals surface area contributed by atoms with E-state index in [9.17, 15) is 0 Å². The van der Waals surface area contributed by atoms with Gasteiger partial charge in [0.1, 0.15) is 0 Å². The molecule has 0 N–H and O–H groups in total. The lowest BCUT2D eigenvalue weighted by Gasteiger charge is -2.34. The maximum Gasteiger partial charge on any atom is 0.0727 e. The lowest BCUT2D eigenvalue weighted by molar-refractivity contribution is 0.795. The monoisotopic (exact) mass is 1800 g/mol. The molecule has 662 valence electrons. The van der Waals surface area contributed by atoms with Gasteiger partial charge >= 0.3 is 0 Å². The molecule has 0 saturated heterocycles. The summed E-state index contributed by atoms with van der Waals surface area (Å²) in [7, 11) is 0. The van der Waals surface area contributed by atoms with Crippen molar-refractivity contribution in [2.24, 2.45) is 0 Å². The average molecular weight is 1800 g/mol. The number of nitrogens with zero attached hydrogens (tertiary/aromatic N) is 4. The first kappa shape index (κ1) is 81.8. The zero-order chi connectivity index (χ0) is 93.5. The van der Waals surface area contributed by atoms with Crippen molar-refractivity contribution in [3.05, 3.63) is 590 Å². The molecule has 24 aromatic rings. The van der Waals surface area contributed by atoms with E-state index >= 15 is 0 Å². The Hall–Kier alpha value is -18.5. The van der Waals surface area contributed by atoms with E-state index in [0.717, 1.165) is 129 Å². The molecule has 0 heterocycles. The van der Waals surface area contributed by atoms with Gasteiger partial charge in [-0.2, -0.15) is 0 Å². The van der Waals surface area contributed by atoms with Crippen molar-refractivity contribution in [2.75, 3.05) is 19.6 Å². The molecule has 28 rings (SSSR count). The minimum Gasteiger partial charge on any atom is -0.310 e. The molecule has 24 aromatic carbocycles. The minimum atomic E-state index is -0.822. The van der Waals surface area contributed by atoms with Crippen LogP contribution in [-0.2, 0) is 10.8 Å². The summed E-state index contributed by atoms with van der Waals surface area (Å²) in [5.74, 6) is 0. The lowest BCUT2D eigenvalue weighted by Crippen LogP contribution is -2.26. The third-order valence-corrected chi connectivity index (χ3v) is 30.5. The van der Waals surface area contributed by atoms with Crippen LogP contribution in [0.15, 0.2) is 546 Å². The maximum atomic E-state index is 2.62. The molecule has 0 aliphatic heterocycles. The van der Waals surface area contributed by atoms with Crippen LogP contribution in [0.5, 0.6) is 0 Å². The second-order valence-corrected chi connectivity index (χ2v) is 37.9. The Morgan fingerprint density at radius 2 is 0.289 bits per heavy atom. The molecule has 4 aliphatic carbocycles. The highest BCUT2D eigenvalue weighted by Gasteiger charge is 2.56. The van der Waals surface area contributed by atoms with Gasteiger partial charge in [0.2, 0.25) is 0 Å². The molecule has 0 radical (unpaired) electrons. The van der Waals surface area contributed by atoms with Gasteiger partial charge in [0, 0.05) is 67.0 Å². The highest BCUT2D eigenvalue weighted by molar-refractivity contribution is 6.22. The fourth-order valence-corrected chi connectivity index (χ4v) is 24.6. The molecule has 4 heteroatoms. The van der Waals surface area contributed by atoms with Crippen molar-refractivity contribution in [2.45, 2.75) is 10.8 Å². The van der Waals surface area contributed by atoms with Crippen molar-refractivity contribution in [1.29, 1.82) is 0 Å². The molecular formula is C138H90N4. The summed E-state index contributed by atoms with van der Waals surface area (Å²) < 4.78 is 0. The second kappa shape index (κ2) is 33.2. The largest absolute Gasteiger partial charge is 0.310 e. The summed E-state index contributed by atoms with van der Waals surface area (Å²) in [5.41, 5.74) is 42.5. The maximum absolute atomic E-state index is 2.62. The van der Waals surface area contributed by atoms with E-state index in [1.807, 2.05) is 0 Å². The first-order valence-electron chi connectivity index (χ1n) is 49.3. The second-order valence-electron chi connectivity index (χ2n) is 37.9. The Bertz CT molecular complexity index is 9060. The Labute approximate surface area is 826 Å². The van der Waals surface area contributed by atoms with Gasteiger partial charge in [0.25, 0.3) is 0 Å². The molecule has 0 amide bonds. The van der Waals surface area contributed by atoms with Crippen molar-refractivity contribution >= 4 is 111 Å². The summed E-state index contributed by atoms with van der Waals surface area (Å²) >= 11 is 0. The van der Waals surface area contributed by atoms with Crippen LogP contribution >= 0.6 is 0 Å². The summed E-state index contributed by atoms with van der Waals surface area (Å²) in [4.78, 5) is 10.1. The molecular weight excluding hydrogens is 1710 g/mol. The zero-order valence-corrected chi connectivity index (χ0v) is 77.8. The van der Waals surface area contributed by atoms with E-state index in [1.54, 1.807) is 0 Å². The minimum absolute atomic E-state index is 0.813. The normalized spacial score (nSPS) is 12.8. The number of fused-ring (bicyclic) bond motifs is 28. The van der Waals surface area contributed by atoms with Crippen molar-refractivity contribution in [3.8, 4) is 100 Å². The molecule has 2 spiro atoms. The van der Waals surface area contributed by atoms with Crippen LogP contribution in [0, 0.1) is 0 Å². The number of benzene rings is 24. The number of anilines is 12. The molecule has 0 aromatic heterocycles. The predicted octanol–water partition coefficient (Wildman–Crippen LogP) is 37.2. The van der Waals surface area contributed by atoms with E-state index < -0.39 is 10.8 Å². The summed E-state index contributed by atoms with van der Waals surface area (Å²) in [5, 5.41) is 9.34. The quantitative estimate of drug-likeness (QED) is 0.0901. The van der Waals surface area contributed by atoms with E-state index in [4.69, 9.17) is 0 Å². The van der Waals surface area contributed by atoms with Gasteiger partial charge in [-0.1, -0.05) is 425 Å². The molecule has 142 heavy (non-hydrogen) atoms. The molecule has 0 fully saturated rings. The number of hydrogen-bond acceptors (Lipinski definition) is 4. The smallest absolute Gasteiger partial charge is 0.0727 e. The lowest BCUT2D eigenvalue weighted by atomic mass is 9.70. The van der Waals surface area contributed by atoms with E-state index in [2.05, 4.69) is 566 Å². The Balaban J connectivity index is 0.657. The first-order valence-corrected chi connectivity index (χ1v) is 49.3. The fraction of sp³-hybridized carbons (Fsp3) is 0.0145. The van der Waals surface area contributed by atoms with Crippen molar-refractivity contribution < 1.29 is 0 Å². The number of hydrogen-bond donors (Lipinski definition) is 0. The zero-order valence-electron chi connectivity index (χ0n) is 77.8. The van der Waals surface area contributed by atoms with E-state index in [-0.39, 0.29) is 0 Å². The summed E-state index contributed by atoms with van der Waals surface area (Å²) in [6.07, 6.45) is 0. The Kier molecular flexibility index (Phi) is 19.1. The van der Waals surface area contributed by atoms with Gasteiger partial charge in [0.15, 0.2) is 0 Å². The first-order chi connectivity index (χ1) is 70.5. The van der Waals surface area contributed by atoms with Gasteiger partial charge in [-0.3, -0.25) is 0 Å². The standard InChI is InChI=1S/C138H90N4/c1-7-39-91(40-8-1)95-75-79-103(80-76-95)139(101-51-15-5-16-52-101)129-87-125-133(117-67-23-19-63-113(117)129)135-119-69-25-21-65-115(119)131(89-127(135)137(125)121-71-31-27-59-109(121)110-60-28-32-72-122(110)137)141(104-81-77-96(78-82-104)92-41-9-2-10-42-92)106-56-37-49-99(85-106)100-50-38-58-108(86-100)142(107-57-36-48-98(84-107)94-45-13-4-14-46-94)132-90-128-136(120-70-26-22-66-116(120)132)134-118-68-24-20-64-114(118)130(88-126(134)138(128)123-73-33-29-61-111(123)112-62-30-34-74-124(112)138)140(102-53-17-6-18-54-102)105-55-35-47-97(83-105)93-43-11-3-12-44-93/h1-90H. The third kappa shape index (κ3) is 12.7. The van der Waals surface area contributed by atoms with Crippen LogP contribution in [0.25, 0.3) is 143 Å². The Morgan fingerprint density at radius 1 is 0.113 bits per heavy atom. The topological polar surface area (TPSA) is 13.0 Å². The van der Waals surface area contributed by atoms with Crippen LogP contribution in [-0.4, -0.2) is 0 Å². The molecule has 0 bridgehead atoms. The molecule has 4 aliphatic rings. The predicted molar refractivity (Wildman–Crippen MR) is 595 cm³/mol. The molecule has 0 saturated carbocycles. The SMILES string of the molecule is c1ccc(-c2ccc(N(c3ccccc3)c3cc4c(c5ccccc35)-c3c(cc(N(c5ccc(-c6ccccc6)cc5)c5cccc(-c6cccc(N(c7cccc(-c8ccccc8)c7)c7cc8c(c9ccccc79)-c7c(cc(N(c9ccccc9)c9cccc(-c%10ccccc%10)c9)c9ccccc79)C87c8ccccc8-c8ccccc87)c6)c5)c5ccccc35)C43c4ccccc4-c4ccccc43)cc2)cc1. The van der Waals surface area contributed by atoms with Crippen LogP contribution in [0.1, 0.15) is 44.5 Å². The number of para-hydroxylation sites is 2. The fourth-order valence-electron chi connectivity index (χ4n) is 24.6. The van der Waals surface area contributed by atoms with Crippen molar-refractivity contribution in [1.82, 2.24) is 0 Å². The molecule has 0 atom stereocenters. The number of rotatable bonds is 17.